The number of nitrogens with zero attached hydrogens (tertiary/aromatic N) is 3. The number of nitrogen functional groups attached to an aromatic ring is 1. The third-order valence-electron chi connectivity index (χ3n) is 2.42. The lowest BCUT2D eigenvalue weighted by molar-refractivity contribution is 0.581. The summed E-state index contributed by atoms with van der Waals surface area (Å²) in [6, 6.07) is 2.95. The maximum absolute atomic E-state index is 12.1. The van der Waals surface area contributed by atoms with Crippen molar-refractivity contribution < 1.29 is 8.42 Å². The van der Waals surface area contributed by atoms with Gasteiger partial charge >= 0.3 is 0 Å². The lowest BCUT2D eigenvalue weighted by Crippen LogP contribution is -2.25. The topological polar surface area (TPSA) is 115 Å². The van der Waals surface area contributed by atoms with E-state index in [0.717, 1.165) is 5.56 Å². The van der Waals surface area contributed by atoms with Crippen molar-refractivity contribution in [1.29, 1.82) is 0 Å². The summed E-state index contributed by atoms with van der Waals surface area (Å²) in [7, 11) is -1.92. The average molecular weight is 282 g/mol. The van der Waals surface area contributed by atoms with E-state index in [9.17, 15) is 8.42 Å². The van der Waals surface area contributed by atoms with Gasteiger partial charge < -0.3 is 5.43 Å². The Balaban J connectivity index is 2.18. The molecule has 0 saturated carbocycles. The van der Waals surface area contributed by atoms with Crippen molar-refractivity contribution in [2.24, 2.45) is 12.9 Å². The van der Waals surface area contributed by atoms with Gasteiger partial charge in [-0.05, 0) is 12.1 Å². The normalized spacial score (nSPS) is 11.5. The fourth-order valence-electron chi connectivity index (χ4n) is 1.54. The molecule has 0 amide bonds. The van der Waals surface area contributed by atoms with Crippen LogP contribution in [0.1, 0.15) is 5.56 Å². The van der Waals surface area contributed by atoms with E-state index in [0.29, 0.717) is 0 Å². The summed E-state index contributed by atoms with van der Waals surface area (Å²) in [4.78, 5) is 3.85. The van der Waals surface area contributed by atoms with E-state index in [-0.39, 0.29) is 17.3 Å². The van der Waals surface area contributed by atoms with Crippen LogP contribution >= 0.6 is 0 Å². The Hall–Kier alpha value is -1.97. The molecule has 0 unspecified atom stereocenters. The van der Waals surface area contributed by atoms with Gasteiger partial charge in [0.2, 0.25) is 10.0 Å². The van der Waals surface area contributed by atoms with Crippen LogP contribution in [0.2, 0.25) is 0 Å². The fraction of sp³-hybridized carbons (Fsp3) is 0.200. The summed E-state index contributed by atoms with van der Waals surface area (Å²) in [5.74, 6) is 5.34. The SMILES string of the molecule is Cn1cc(CNS(=O)(=O)c2cccnc2NN)cn1. The lowest BCUT2D eigenvalue weighted by atomic mass is 10.4. The Morgan fingerprint density at radius 3 is 2.89 bits per heavy atom. The Bertz CT molecular complexity index is 666. The van der Waals surface area contributed by atoms with E-state index >= 15 is 0 Å². The molecule has 102 valence electrons. The molecule has 0 atom stereocenters. The largest absolute Gasteiger partial charge is 0.307 e. The highest BCUT2D eigenvalue weighted by atomic mass is 32.2. The number of pyridine rings is 1. The van der Waals surface area contributed by atoms with Gasteiger partial charge in [0.05, 0.1) is 6.20 Å². The minimum Gasteiger partial charge on any atom is -0.307 e. The third-order valence-corrected chi connectivity index (χ3v) is 3.85. The first-order valence-corrected chi connectivity index (χ1v) is 6.90. The van der Waals surface area contributed by atoms with Crippen LogP contribution in [0.3, 0.4) is 0 Å². The van der Waals surface area contributed by atoms with Crippen molar-refractivity contribution in [3.8, 4) is 0 Å². The summed E-state index contributed by atoms with van der Waals surface area (Å²) in [5, 5.41) is 3.96. The monoisotopic (exact) mass is 282 g/mol. The van der Waals surface area contributed by atoms with E-state index in [2.05, 4.69) is 20.2 Å². The molecule has 0 aromatic carbocycles. The van der Waals surface area contributed by atoms with Gasteiger partial charge in [0.15, 0.2) is 5.82 Å². The molecule has 0 spiro atoms. The van der Waals surface area contributed by atoms with Crippen LogP contribution in [0.15, 0.2) is 35.6 Å². The maximum Gasteiger partial charge on any atom is 0.244 e. The molecule has 2 aromatic rings. The van der Waals surface area contributed by atoms with Crippen LogP contribution in [0.4, 0.5) is 5.82 Å². The quantitative estimate of drug-likeness (QED) is 0.507. The molecule has 2 heterocycles. The molecular weight excluding hydrogens is 268 g/mol. The highest BCUT2D eigenvalue weighted by Crippen LogP contribution is 2.16. The number of rotatable bonds is 5. The van der Waals surface area contributed by atoms with Crippen molar-refractivity contribution in [3.63, 3.8) is 0 Å². The van der Waals surface area contributed by atoms with Gasteiger partial charge in [0, 0.05) is 31.5 Å². The molecule has 0 bridgehead atoms. The predicted molar refractivity (Wildman–Crippen MR) is 69.3 cm³/mol. The number of nitrogens with two attached hydrogens (primary N) is 1. The molecular formula is C10H14N6O2S. The number of anilines is 1. The van der Waals surface area contributed by atoms with Crippen LogP contribution in [-0.4, -0.2) is 23.2 Å². The molecule has 0 fully saturated rings. The van der Waals surface area contributed by atoms with E-state index in [4.69, 9.17) is 5.84 Å². The average Bonchev–Trinajstić information content (AvgIpc) is 2.82. The highest BCUT2D eigenvalue weighted by molar-refractivity contribution is 7.89. The first kappa shape index (κ1) is 13.5. The molecule has 19 heavy (non-hydrogen) atoms. The second kappa shape index (κ2) is 5.34. The van der Waals surface area contributed by atoms with Crippen molar-refractivity contribution >= 4 is 15.8 Å². The van der Waals surface area contributed by atoms with Gasteiger partial charge in [-0.25, -0.2) is 24.0 Å². The van der Waals surface area contributed by atoms with Crippen LogP contribution in [0.25, 0.3) is 0 Å². The molecule has 2 rings (SSSR count). The Morgan fingerprint density at radius 2 is 2.26 bits per heavy atom. The molecule has 9 heteroatoms. The summed E-state index contributed by atoms with van der Waals surface area (Å²) in [6.07, 6.45) is 4.77. The molecule has 0 aliphatic carbocycles. The van der Waals surface area contributed by atoms with E-state index in [1.165, 1.54) is 18.3 Å². The Kier molecular flexibility index (Phi) is 3.79. The molecule has 4 N–H and O–H groups in total. The van der Waals surface area contributed by atoms with E-state index in [1.807, 2.05) is 0 Å². The Labute approximate surface area is 110 Å². The summed E-state index contributed by atoms with van der Waals surface area (Å²) >= 11 is 0. The molecule has 0 radical (unpaired) electrons. The molecule has 0 aliphatic heterocycles. The number of aryl methyl sites for hydroxylation is 1. The maximum atomic E-state index is 12.1. The van der Waals surface area contributed by atoms with Crippen molar-refractivity contribution in [2.45, 2.75) is 11.4 Å². The third kappa shape index (κ3) is 3.08. The number of sulfonamides is 1. The predicted octanol–water partition coefficient (Wildman–Crippen LogP) is -0.421. The van der Waals surface area contributed by atoms with Gasteiger partial charge in [-0.1, -0.05) is 0 Å². The van der Waals surface area contributed by atoms with Crippen molar-refractivity contribution in [1.82, 2.24) is 19.5 Å². The fourth-order valence-corrected chi connectivity index (χ4v) is 2.67. The van der Waals surface area contributed by atoms with Crippen LogP contribution in [0, 0.1) is 0 Å². The van der Waals surface area contributed by atoms with Gasteiger partial charge in [-0.2, -0.15) is 5.10 Å². The second-order valence-corrected chi connectivity index (χ2v) is 5.58. The molecule has 0 aliphatic rings. The van der Waals surface area contributed by atoms with Gasteiger partial charge in [0.1, 0.15) is 4.90 Å². The number of hydrogen-bond donors (Lipinski definition) is 3. The lowest BCUT2D eigenvalue weighted by Gasteiger charge is -2.09. The number of hydrazine groups is 1. The molecule has 0 saturated heterocycles. The highest BCUT2D eigenvalue weighted by Gasteiger charge is 2.18. The Morgan fingerprint density at radius 1 is 1.47 bits per heavy atom. The van der Waals surface area contributed by atoms with E-state index < -0.39 is 10.0 Å². The standard InChI is InChI=1S/C10H14N6O2S/c1-16-7-8(5-13-16)6-14-19(17,18)9-3-2-4-12-10(9)15-11/h2-5,7,14H,6,11H2,1H3,(H,12,15). The summed E-state index contributed by atoms with van der Waals surface area (Å²) in [5.41, 5.74) is 3.02. The molecule has 8 nitrogen and oxygen atoms in total. The summed E-state index contributed by atoms with van der Waals surface area (Å²) < 4.78 is 28.3. The van der Waals surface area contributed by atoms with E-state index in [1.54, 1.807) is 24.1 Å². The van der Waals surface area contributed by atoms with Crippen molar-refractivity contribution in [2.75, 3.05) is 5.43 Å². The first-order chi connectivity index (χ1) is 9.03. The van der Waals surface area contributed by atoms with Crippen molar-refractivity contribution in [3.05, 3.63) is 36.3 Å². The minimum absolute atomic E-state index is 0.00129. The van der Waals surface area contributed by atoms with Crippen LogP contribution in [0.5, 0.6) is 0 Å². The van der Waals surface area contributed by atoms with Gasteiger partial charge in [-0.3, -0.25) is 4.68 Å². The zero-order valence-electron chi connectivity index (χ0n) is 10.2. The zero-order chi connectivity index (χ0) is 13.9. The van der Waals surface area contributed by atoms with Crippen LogP contribution < -0.4 is 16.0 Å². The van der Waals surface area contributed by atoms with Gasteiger partial charge in [0.25, 0.3) is 0 Å². The van der Waals surface area contributed by atoms with Crippen LogP contribution in [-0.2, 0) is 23.6 Å². The number of nitrogens with one attached hydrogen (secondary N) is 2. The smallest absolute Gasteiger partial charge is 0.244 e. The van der Waals surface area contributed by atoms with Gasteiger partial charge in [-0.15, -0.1) is 0 Å². The molecule has 2 aromatic heterocycles. The number of aromatic nitrogens is 3. The first-order valence-electron chi connectivity index (χ1n) is 5.42. The summed E-state index contributed by atoms with van der Waals surface area (Å²) in [6.45, 7) is 0.148. The second-order valence-electron chi connectivity index (χ2n) is 3.84. The minimum atomic E-state index is -3.68. The number of hydrogen-bond acceptors (Lipinski definition) is 6. The zero-order valence-corrected chi connectivity index (χ0v) is 11.1.